The van der Waals surface area contributed by atoms with E-state index in [1.54, 1.807) is 0 Å². The highest BCUT2D eigenvalue weighted by Gasteiger charge is 2.12. The van der Waals surface area contributed by atoms with Crippen LogP contribution in [0.15, 0.2) is 24.3 Å². The molecule has 0 heterocycles. The van der Waals surface area contributed by atoms with Crippen molar-refractivity contribution in [3.63, 3.8) is 0 Å². The van der Waals surface area contributed by atoms with Gasteiger partial charge >= 0.3 is 0 Å². The van der Waals surface area contributed by atoms with Crippen molar-refractivity contribution >= 4 is 9.04 Å². The Labute approximate surface area is 101 Å². The summed E-state index contributed by atoms with van der Waals surface area (Å²) in [6, 6.07) is 8.34. The van der Waals surface area contributed by atoms with E-state index in [1.807, 2.05) is 12.1 Å². The van der Waals surface area contributed by atoms with Gasteiger partial charge in [-0.15, -0.1) is 0 Å². The molecular weight excluding hydrogens is 212 g/mol. The molecule has 16 heavy (non-hydrogen) atoms. The molecule has 0 saturated carbocycles. The van der Waals surface area contributed by atoms with E-state index in [4.69, 9.17) is 4.43 Å². The summed E-state index contributed by atoms with van der Waals surface area (Å²) in [6.07, 6.45) is 2.78. The van der Waals surface area contributed by atoms with Crippen molar-refractivity contribution in [2.24, 2.45) is 0 Å². The minimum absolute atomic E-state index is 0.170. The standard InChI is InChI=1S/C14H19OSi/c1-14(2,3)13-8-6-7-12(11-13)9-10-15-16(4)5/h6-8,11H,1-5H3. The van der Waals surface area contributed by atoms with Gasteiger partial charge in [-0.25, -0.2) is 0 Å². The van der Waals surface area contributed by atoms with Crippen LogP contribution in [0, 0.1) is 12.0 Å². The predicted octanol–water partition coefficient (Wildman–Crippen LogP) is 3.56. The zero-order valence-electron chi connectivity index (χ0n) is 10.7. The predicted molar refractivity (Wildman–Crippen MR) is 70.6 cm³/mol. The Morgan fingerprint density at radius 3 is 2.44 bits per heavy atom. The van der Waals surface area contributed by atoms with Crippen molar-refractivity contribution in [1.29, 1.82) is 0 Å². The molecule has 2 heteroatoms. The summed E-state index contributed by atoms with van der Waals surface area (Å²) in [4.78, 5) is 0. The minimum atomic E-state index is -0.716. The van der Waals surface area contributed by atoms with E-state index in [9.17, 15) is 0 Å². The maximum Gasteiger partial charge on any atom is 0.289 e. The Hall–Kier alpha value is -1.20. The highest BCUT2D eigenvalue weighted by atomic mass is 28.3. The molecule has 0 aromatic heterocycles. The van der Waals surface area contributed by atoms with Crippen molar-refractivity contribution in [3.05, 3.63) is 35.4 Å². The number of rotatable bonds is 1. The first kappa shape index (κ1) is 12.9. The molecule has 0 aliphatic rings. The van der Waals surface area contributed by atoms with Gasteiger partial charge in [0.2, 0.25) is 0 Å². The zero-order chi connectivity index (χ0) is 12.2. The highest BCUT2D eigenvalue weighted by molar-refractivity contribution is 6.48. The van der Waals surface area contributed by atoms with E-state index in [0.29, 0.717) is 0 Å². The SMILES string of the molecule is C[Si](C)OC#Cc1cccc(C(C)(C)C)c1. The molecule has 0 unspecified atom stereocenters. The van der Waals surface area contributed by atoms with Gasteiger partial charge in [0.05, 0.1) is 0 Å². The normalized spacial score (nSPS) is 10.9. The third-order valence-corrected chi connectivity index (χ3v) is 2.69. The summed E-state index contributed by atoms with van der Waals surface area (Å²) in [5, 5.41) is 0. The molecule has 1 nitrogen and oxygen atoms in total. The highest BCUT2D eigenvalue weighted by Crippen LogP contribution is 2.22. The summed E-state index contributed by atoms with van der Waals surface area (Å²) < 4.78 is 5.31. The van der Waals surface area contributed by atoms with Crippen LogP contribution in [0.5, 0.6) is 0 Å². The zero-order valence-corrected chi connectivity index (χ0v) is 11.7. The maximum absolute atomic E-state index is 5.31. The lowest BCUT2D eigenvalue weighted by Crippen LogP contribution is -2.10. The summed E-state index contributed by atoms with van der Waals surface area (Å²) in [6.45, 7) is 10.8. The Balaban J connectivity index is 2.86. The molecule has 1 rings (SSSR count). The number of hydrogen-bond acceptors (Lipinski definition) is 1. The van der Waals surface area contributed by atoms with E-state index >= 15 is 0 Å². The van der Waals surface area contributed by atoms with Crippen LogP contribution in [-0.4, -0.2) is 9.04 Å². The third kappa shape index (κ3) is 4.12. The quantitative estimate of drug-likeness (QED) is 0.530. The van der Waals surface area contributed by atoms with Gasteiger partial charge in [0, 0.05) is 5.56 Å². The molecule has 0 N–H and O–H groups in total. The fourth-order valence-corrected chi connectivity index (χ4v) is 1.51. The molecule has 85 valence electrons. The molecule has 0 saturated heterocycles. The largest absolute Gasteiger partial charge is 0.500 e. The fraction of sp³-hybridized carbons (Fsp3) is 0.429. The lowest BCUT2D eigenvalue weighted by atomic mass is 9.86. The molecule has 0 spiro atoms. The van der Waals surface area contributed by atoms with Crippen molar-refractivity contribution in [1.82, 2.24) is 0 Å². The van der Waals surface area contributed by atoms with E-state index in [0.717, 1.165) is 5.56 Å². The van der Waals surface area contributed by atoms with Crippen molar-refractivity contribution in [3.8, 4) is 12.0 Å². The second-order valence-electron chi connectivity index (χ2n) is 5.07. The Morgan fingerprint density at radius 2 is 1.88 bits per heavy atom. The van der Waals surface area contributed by atoms with Gasteiger partial charge < -0.3 is 4.43 Å². The second kappa shape index (κ2) is 5.22. The fourth-order valence-electron chi connectivity index (χ4n) is 1.25. The average molecular weight is 231 g/mol. The second-order valence-corrected chi connectivity index (χ2v) is 7.09. The van der Waals surface area contributed by atoms with Crippen LogP contribution in [0.3, 0.4) is 0 Å². The molecule has 1 aromatic carbocycles. The van der Waals surface area contributed by atoms with Crippen LogP contribution < -0.4 is 0 Å². The van der Waals surface area contributed by atoms with Gasteiger partial charge in [0.15, 0.2) is 0 Å². The van der Waals surface area contributed by atoms with Crippen LogP contribution >= 0.6 is 0 Å². The van der Waals surface area contributed by atoms with Gasteiger partial charge in [-0.05, 0) is 42.1 Å². The summed E-state index contributed by atoms with van der Waals surface area (Å²) >= 11 is 0. The summed E-state index contributed by atoms with van der Waals surface area (Å²) in [5.41, 5.74) is 2.50. The van der Waals surface area contributed by atoms with Gasteiger partial charge in [0.1, 0.15) is 6.11 Å². The van der Waals surface area contributed by atoms with Crippen molar-refractivity contribution < 1.29 is 4.43 Å². The van der Waals surface area contributed by atoms with Crippen LogP contribution in [0.4, 0.5) is 0 Å². The summed E-state index contributed by atoms with van der Waals surface area (Å²) in [7, 11) is -0.716. The first-order valence-corrected chi connectivity index (χ1v) is 7.89. The molecule has 0 aliphatic carbocycles. The maximum atomic E-state index is 5.31. The first-order chi connectivity index (χ1) is 7.39. The van der Waals surface area contributed by atoms with Crippen molar-refractivity contribution in [2.75, 3.05) is 0 Å². The lowest BCUT2D eigenvalue weighted by molar-refractivity contribution is 0.542. The molecule has 0 bridgehead atoms. The van der Waals surface area contributed by atoms with E-state index in [2.05, 4.69) is 58.0 Å². The van der Waals surface area contributed by atoms with E-state index in [1.165, 1.54) is 5.56 Å². The van der Waals surface area contributed by atoms with Crippen LogP contribution in [0.2, 0.25) is 13.1 Å². The molecule has 0 fully saturated rings. The molecular formula is C14H19OSi. The first-order valence-electron chi connectivity index (χ1n) is 5.48. The Kier molecular flexibility index (Phi) is 4.20. The smallest absolute Gasteiger partial charge is 0.289 e. The van der Waals surface area contributed by atoms with Crippen molar-refractivity contribution in [2.45, 2.75) is 39.3 Å². The van der Waals surface area contributed by atoms with E-state index in [-0.39, 0.29) is 5.41 Å². The minimum Gasteiger partial charge on any atom is -0.500 e. The van der Waals surface area contributed by atoms with Gasteiger partial charge in [-0.2, -0.15) is 0 Å². The van der Waals surface area contributed by atoms with Crippen LogP contribution in [0.1, 0.15) is 31.9 Å². The average Bonchev–Trinajstić information content (AvgIpc) is 2.16. The molecule has 0 amide bonds. The topological polar surface area (TPSA) is 9.23 Å². The van der Waals surface area contributed by atoms with Crippen LogP contribution in [-0.2, 0) is 9.84 Å². The van der Waals surface area contributed by atoms with Crippen LogP contribution in [0.25, 0.3) is 0 Å². The van der Waals surface area contributed by atoms with Gasteiger partial charge in [-0.3, -0.25) is 0 Å². The number of benzene rings is 1. The third-order valence-electron chi connectivity index (χ3n) is 2.18. The molecule has 0 atom stereocenters. The lowest BCUT2D eigenvalue weighted by Gasteiger charge is -2.18. The Bertz CT molecular complexity index is 405. The monoisotopic (exact) mass is 231 g/mol. The van der Waals surface area contributed by atoms with Gasteiger partial charge in [-0.1, -0.05) is 32.9 Å². The van der Waals surface area contributed by atoms with E-state index < -0.39 is 9.04 Å². The molecule has 1 radical (unpaired) electrons. The Morgan fingerprint density at radius 1 is 1.19 bits per heavy atom. The number of hydrogen-bond donors (Lipinski definition) is 0. The molecule has 0 aliphatic heterocycles. The molecule has 1 aromatic rings. The van der Waals surface area contributed by atoms with Gasteiger partial charge in [0.25, 0.3) is 9.04 Å². The summed E-state index contributed by atoms with van der Waals surface area (Å²) in [5.74, 6) is 3.04.